The maximum atomic E-state index is 10.8. The van der Waals surface area contributed by atoms with Crippen LogP contribution in [-0.4, -0.2) is 23.2 Å². The lowest BCUT2D eigenvalue weighted by molar-refractivity contribution is -0.114. The summed E-state index contributed by atoms with van der Waals surface area (Å²) in [6.07, 6.45) is 0. The van der Waals surface area contributed by atoms with E-state index >= 15 is 0 Å². The normalized spacial score (nSPS) is 9.00. The van der Waals surface area contributed by atoms with Crippen LogP contribution in [0.3, 0.4) is 0 Å². The summed E-state index contributed by atoms with van der Waals surface area (Å²) in [4.78, 5) is 10.8. The van der Waals surface area contributed by atoms with Crippen molar-refractivity contribution in [1.82, 2.24) is 0 Å². The molecule has 0 heterocycles. The summed E-state index contributed by atoms with van der Waals surface area (Å²) in [5, 5.41) is 21.6. The molecule has 5 heteroatoms. The maximum Gasteiger partial charge on any atom is 0.221 e. The number of nitrogens with one attached hydrogen (secondary N) is 1. The number of methoxy groups -OCH3 is 1. The quantitative estimate of drug-likeness (QED) is 0.548. The van der Waals surface area contributed by atoms with Gasteiger partial charge in [-0.3, -0.25) is 4.79 Å². The zero-order valence-corrected chi connectivity index (χ0v) is 10.8. The lowest BCUT2D eigenvalue weighted by Crippen LogP contribution is -2.06. The van der Waals surface area contributed by atoms with Crippen molar-refractivity contribution in [1.29, 1.82) is 0 Å². The molecule has 0 bridgehead atoms. The van der Waals surface area contributed by atoms with Crippen LogP contribution in [0.1, 0.15) is 26.3 Å². The van der Waals surface area contributed by atoms with Gasteiger partial charge in [-0.2, -0.15) is 0 Å². The lowest BCUT2D eigenvalue weighted by Gasteiger charge is -2.12. The summed E-state index contributed by atoms with van der Waals surface area (Å²) in [6.45, 7) is 6.90. The van der Waals surface area contributed by atoms with E-state index in [1.165, 1.54) is 20.1 Å². The van der Waals surface area contributed by atoms with Gasteiger partial charge in [0, 0.05) is 18.6 Å². The van der Waals surface area contributed by atoms with Gasteiger partial charge in [0.25, 0.3) is 0 Å². The first-order valence-electron chi connectivity index (χ1n) is 5.34. The molecule has 1 aromatic rings. The van der Waals surface area contributed by atoms with Crippen LogP contribution in [0.5, 0.6) is 17.2 Å². The Kier molecular flexibility index (Phi) is 5.88. The molecule has 0 radical (unpaired) electrons. The largest absolute Gasteiger partial charge is 0.505 e. The van der Waals surface area contributed by atoms with Crippen molar-refractivity contribution in [2.24, 2.45) is 0 Å². The molecule has 1 amide bonds. The van der Waals surface area contributed by atoms with E-state index < -0.39 is 0 Å². The van der Waals surface area contributed by atoms with E-state index in [0.29, 0.717) is 5.56 Å². The van der Waals surface area contributed by atoms with E-state index in [-0.39, 0.29) is 28.8 Å². The van der Waals surface area contributed by atoms with Crippen molar-refractivity contribution in [2.45, 2.75) is 27.7 Å². The van der Waals surface area contributed by atoms with E-state index in [1.807, 2.05) is 13.8 Å². The fraction of sp³-hybridized carbons (Fsp3) is 0.417. The number of rotatable bonds is 2. The van der Waals surface area contributed by atoms with Crippen LogP contribution in [-0.2, 0) is 4.79 Å². The molecule has 0 spiro atoms. The van der Waals surface area contributed by atoms with E-state index in [9.17, 15) is 15.0 Å². The Balaban J connectivity index is 0.00000121. The first kappa shape index (κ1) is 15.1. The van der Waals surface area contributed by atoms with E-state index in [4.69, 9.17) is 4.74 Å². The molecule has 0 saturated carbocycles. The second-order valence-electron chi connectivity index (χ2n) is 3.13. The van der Waals surface area contributed by atoms with Crippen molar-refractivity contribution < 1.29 is 19.7 Å². The molecular formula is C12H19NO4. The number of hydrogen-bond donors (Lipinski definition) is 3. The molecule has 5 nitrogen and oxygen atoms in total. The fourth-order valence-corrected chi connectivity index (χ4v) is 1.31. The summed E-state index contributed by atoms with van der Waals surface area (Å²) in [5.74, 6) is -0.368. The second-order valence-corrected chi connectivity index (χ2v) is 3.13. The zero-order valence-electron chi connectivity index (χ0n) is 10.8. The Labute approximate surface area is 101 Å². The molecule has 0 aliphatic carbocycles. The molecular weight excluding hydrogens is 222 g/mol. The van der Waals surface area contributed by atoms with Crippen molar-refractivity contribution in [2.75, 3.05) is 12.4 Å². The number of hydrogen-bond acceptors (Lipinski definition) is 4. The Hall–Kier alpha value is -1.91. The molecule has 0 fully saturated rings. The number of benzene rings is 1. The van der Waals surface area contributed by atoms with Gasteiger partial charge in [0.2, 0.25) is 5.91 Å². The predicted molar refractivity (Wildman–Crippen MR) is 66.7 cm³/mol. The van der Waals surface area contributed by atoms with Gasteiger partial charge in [-0.05, 0) is 6.92 Å². The van der Waals surface area contributed by atoms with E-state index in [0.717, 1.165) is 0 Å². The van der Waals surface area contributed by atoms with Crippen LogP contribution in [0.4, 0.5) is 5.69 Å². The average Bonchev–Trinajstić information content (AvgIpc) is 2.28. The van der Waals surface area contributed by atoms with Gasteiger partial charge in [-0.15, -0.1) is 0 Å². The number of carbonyl (C=O) groups is 1. The summed E-state index contributed by atoms with van der Waals surface area (Å²) >= 11 is 0. The Bertz CT molecular complexity index is 402. The molecule has 17 heavy (non-hydrogen) atoms. The molecule has 0 aliphatic heterocycles. The monoisotopic (exact) mass is 241 g/mol. The van der Waals surface area contributed by atoms with Gasteiger partial charge in [-0.1, -0.05) is 13.8 Å². The van der Waals surface area contributed by atoms with Crippen molar-refractivity contribution in [3.8, 4) is 17.2 Å². The summed E-state index contributed by atoms with van der Waals surface area (Å²) in [7, 11) is 1.39. The zero-order chi connectivity index (χ0) is 13.6. The lowest BCUT2D eigenvalue weighted by atomic mass is 10.1. The number of anilines is 1. The van der Waals surface area contributed by atoms with Crippen LogP contribution in [0, 0.1) is 6.92 Å². The molecule has 0 atom stereocenters. The molecule has 96 valence electrons. The summed E-state index contributed by atoms with van der Waals surface area (Å²) < 4.78 is 4.89. The average molecular weight is 241 g/mol. The highest BCUT2D eigenvalue weighted by atomic mass is 16.5. The topological polar surface area (TPSA) is 78.8 Å². The molecule has 0 unspecified atom stereocenters. The molecule has 0 aliphatic rings. The highest BCUT2D eigenvalue weighted by molar-refractivity contribution is 5.91. The van der Waals surface area contributed by atoms with Gasteiger partial charge in [0.1, 0.15) is 5.75 Å². The number of carbonyl (C=O) groups excluding carboxylic acids is 1. The maximum absolute atomic E-state index is 10.8. The Morgan fingerprint density at radius 3 is 2.29 bits per heavy atom. The number of phenols is 2. The van der Waals surface area contributed by atoms with Gasteiger partial charge in [-0.25, -0.2) is 0 Å². The molecule has 1 aromatic carbocycles. The van der Waals surface area contributed by atoms with Crippen LogP contribution < -0.4 is 10.1 Å². The van der Waals surface area contributed by atoms with Crippen LogP contribution in [0.15, 0.2) is 6.07 Å². The minimum absolute atomic E-state index is 0.111. The first-order chi connectivity index (χ1) is 7.97. The van der Waals surface area contributed by atoms with Gasteiger partial charge in [0.15, 0.2) is 11.5 Å². The summed E-state index contributed by atoms with van der Waals surface area (Å²) in [6, 6.07) is 1.24. The minimum Gasteiger partial charge on any atom is -0.505 e. The number of amides is 1. The van der Waals surface area contributed by atoms with Gasteiger partial charge >= 0.3 is 0 Å². The fourth-order valence-electron chi connectivity index (χ4n) is 1.31. The van der Waals surface area contributed by atoms with Crippen LogP contribution in [0.25, 0.3) is 0 Å². The summed E-state index contributed by atoms with van der Waals surface area (Å²) in [5.41, 5.74) is 0.541. The van der Waals surface area contributed by atoms with Crippen molar-refractivity contribution >= 4 is 11.6 Å². The van der Waals surface area contributed by atoms with Crippen LogP contribution in [0.2, 0.25) is 0 Å². The number of ether oxygens (including phenoxy) is 1. The highest BCUT2D eigenvalue weighted by Gasteiger charge is 2.15. The molecule has 3 N–H and O–H groups in total. The highest BCUT2D eigenvalue weighted by Crippen LogP contribution is 2.41. The Morgan fingerprint density at radius 1 is 1.35 bits per heavy atom. The SMILES string of the molecule is CC.COc1c(O)cc(NC(C)=O)c(O)c1C. The smallest absolute Gasteiger partial charge is 0.221 e. The third kappa shape index (κ3) is 3.55. The van der Waals surface area contributed by atoms with Crippen LogP contribution >= 0.6 is 0 Å². The third-order valence-electron chi connectivity index (χ3n) is 1.98. The molecule has 0 saturated heterocycles. The minimum atomic E-state index is -0.325. The number of aromatic hydroxyl groups is 2. The first-order valence-corrected chi connectivity index (χ1v) is 5.34. The third-order valence-corrected chi connectivity index (χ3v) is 1.98. The van der Waals surface area contributed by atoms with E-state index in [2.05, 4.69) is 5.32 Å². The standard InChI is InChI=1S/C10H13NO4.C2H6/c1-5-9(14)7(11-6(2)12)4-8(13)10(5)15-3;1-2/h4,13-14H,1-3H3,(H,11,12);1-2H3. The van der Waals surface area contributed by atoms with Gasteiger partial charge in [0.05, 0.1) is 12.8 Å². The predicted octanol–water partition coefficient (Wildman–Crippen LogP) is 2.40. The molecule has 0 aromatic heterocycles. The molecule has 1 rings (SSSR count). The van der Waals surface area contributed by atoms with E-state index in [1.54, 1.807) is 6.92 Å². The van der Waals surface area contributed by atoms with Crippen molar-refractivity contribution in [3.05, 3.63) is 11.6 Å². The van der Waals surface area contributed by atoms with Crippen molar-refractivity contribution in [3.63, 3.8) is 0 Å². The Morgan fingerprint density at radius 2 is 1.88 bits per heavy atom. The second kappa shape index (κ2) is 6.62. The van der Waals surface area contributed by atoms with Gasteiger partial charge < -0.3 is 20.3 Å². The number of phenolic OH excluding ortho intramolecular Hbond substituents is 2.